The van der Waals surface area contributed by atoms with E-state index in [-0.39, 0.29) is 27.9 Å². The number of likely N-dealkylation sites (N-methyl/N-ethyl adjacent to an activating group) is 1. The van der Waals surface area contributed by atoms with Gasteiger partial charge in [-0.05, 0) is 49.6 Å². The van der Waals surface area contributed by atoms with Gasteiger partial charge in [0.05, 0.1) is 15.5 Å². The molecule has 0 bridgehead atoms. The summed E-state index contributed by atoms with van der Waals surface area (Å²) in [5.41, 5.74) is 2.00. The molecule has 1 aliphatic rings. The Kier molecular flexibility index (Phi) is 7.35. The first kappa shape index (κ1) is 23.2. The van der Waals surface area contributed by atoms with Crippen molar-refractivity contribution in [2.24, 2.45) is 0 Å². The second-order valence-corrected chi connectivity index (χ2v) is 9.49. The molecule has 3 rings (SSSR count). The van der Waals surface area contributed by atoms with E-state index in [1.165, 1.54) is 27.4 Å². The van der Waals surface area contributed by atoms with Crippen LogP contribution in [0.15, 0.2) is 47.4 Å². The molecule has 0 fully saturated rings. The van der Waals surface area contributed by atoms with Crippen LogP contribution in [0, 0.1) is 0 Å². The van der Waals surface area contributed by atoms with Crippen molar-refractivity contribution in [2.45, 2.75) is 31.7 Å². The number of hydrogen-bond acceptors (Lipinski definition) is 5. The molecule has 0 radical (unpaired) electrons. The SMILES string of the molecule is CCN(CC)C(=O)COC(=O)c1cc(S(=O)(=O)N2CCc3ccccc3C2)ccc1Cl. The van der Waals surface area contributed by atoms with Crippen molar-refractivity contribution in [3.63, 3.8) is 0 Å². The Morgan fingerprint density at radius 2 is 1.77 bits per heavy atom. The molecule has 166 valence electrons. The lowest BCUT2D eigenvalue weighted by Crippen LogP contribution is -2.36. The molecule has 0 spiro atoms. The fourth-order valence-corrected chi connectivity index (χ4v) is 5.16. The van der Waals surface area contributed by atoms with Crippen LogP contribution in [0.4, 0.5) is 0 Å². The number of halogens is 1. The van der Waals surface area contributed by atoms with E-state index in [4.69, 9.17) is 16.3 Å². The van der Waals surface area contributed by atoms with E-state index in [0.29, 0.717) is 26.1 Å². The predicted molar refractivity (Wildman–Crippen MR) is 117 cm³/mol. The molecule has 0 saturated heterocycles. The van der Waals surface area contributed by atoms with Crippen molar-refractivity contribution in [3.05, 3.63) is 64.2 Å². The Hall–Kier alpha value is -2.42. The van der Waals surface area contributed by atoms with Gasteiger partial charge in [0.2, 0.25) is 10.0 Å². The monoisotopic (exact) mass is 464 g/mol. The molecule has 0 unspecified atom stereocenters. The molecule has 0 atom stereocenters. The van der Waals surface area contributed by atoms with Gasteiger partial charge < -0.3 is 9.64 Å². The summed E-state index contributed by atoms with van der Waals surface area (Å²) in [6.07, 6.45) is 0.616. The van der Waals surface area contributed by atoms with E-state index < -0.39 is 22.6 Å². The molecule has 2 aromatic carbocycles. The van der Waals surface area contributed by atoms with Crippen LogP contribution in [-0.2, 0) is 32.5 Å². The topological polar surface area (TPSA) is 84.0 Å². The highest BCUT2D eigenvalue weighted by Gasteiger charge is 2.29. The minimum Gasteiger partial charge on any atom is -0.452 e. The van der Waals surface area contributed by atoms with Crippen molar-refractivity contribution < 1.29 is 22.7 Å². The van der Waals surface area contributed by atoms with Crippen LogP contribution in [0.3, 0.4) is 0 Å². The maximum atomic E-state index is 13.2. The van der Waals surface area contributed by atoms with Crippen LogP contribution < -0.4 is 0 Å². The third-order valence-corrected chi connectivity index (χ3v) is 7.50. The summed E-state index contributed by atoms with van der Waals surface area (Å²) in [5, 5.41) is 0.0585. The smallest absolute Gasteiger partial charge is 0.340 e. The molecular weight excluding hydrogens is 440 g/mol. The van der Waals surface area contributed by atoms with Crippen molar-refractivity contribution in [1.82, 2.24) is 9.21 Å². The molecule has 9 heteroatoms. The van der Waals surface area contributed by atoms with Gasteiger partial charge in [-0.1, -0.05) is 35.9 Å². The van der Waals surface area contributed by atoms with E-state index in [1.807, 2.05) is 38.1 Å². The lowest BCUT2D eigenvalue weighted by Gasteiger charge is -2.28. The highest BCUT2D eigenvalue weighted by Crippen LogP contribution is 2.27. The number of fused-ring (bicyclic) bond motifs is 1. The van der Waals surface area contributed by atoms with Crippen molar-refractivity contribution in [2.75, 3.05) is 26.2 Å². The highest BCUT2D eigenvalue weighted by atomic mass is 35.5. The van der Waals surface area contributed by atoms with Gasteiger partial charge >= 0.3 is 5.97 Å². The summed E-state index contributed by atoms with van der Waals surface area (Å²) >= 11 is 6.12. The number of benzene rings is 2. The zero-order valence-electron chi connectivity index (χ0n) is 17.5. The lowest BCUT2D eigenvalue weighted by molar-refractivity contribution is -0.134. The number of carbonyl (C=O) groups excluding carboxylic acids is 2. The largest absolute Gasteiger partial charge is 0.452 e. The normalized spacial score (nSPS) is 14.0. The Bertz CT molecular complexity index is 1080. The highest BCUT2D eigenvalue weighted by molar-refractivity contribution is 7.89. The number of nitrogens with zero attached hydrogens (tertiary/aromatic N) is 2. The van der Waals surface area contributed by atoms with Gasteiger partial charge in [0.25, 0.3) is 5.91 Å². The van der Waals surface area contributed by atoms with Gasteiger partial charge in [-0.15, -0.1) is 0 Å². The molecular formula is C22H25ClN2O5S. The Labute approximate surface area is 187 Å². The fourth-order valence-electron chi connectivity index (χ4n) is 3.52. The van der Waals surface area contributed by atoms with Crippen LogP contribution in [0.25, 0.3) is 0 Å². The zero-order valence-corrected chi connectivity index (χ0v) is 19.1. The number of hydrogen-bond donors (Lipinski definition) is 0. The van der Waals surface area contributed by atoms with Crippen LogP contribution in [-0.4, -0.2) is 55.7 Å². The van der Waals surface area contributed by atoms with Crippen molar-refractivity contribution >= 4 is 33.5 Å². The van der Waals surface area contributed by atoms with Gasteiger partial charge in [0.1, 0.15) is 0 Å². The molecule has 7 nitrogen and oxygen atoms in total. The van der Waals surface area contributed by atoms with Gasteiger partial charge in [-0.2, -0.15) is 4.31 Å². The molecule has 1 aliphatic heterocycles. The maximum absolute atomic E-state index is 13.2. The summed E-state index contributed by atoms with van der Waals surface area (Å²) < 4.78 is 32.9. The number of amides is 1. The summed E-state index contributed by atoms with van der Waals surface area (Å²) in [6, 6.07) is 11.7. The first-order valence-corrected chi connectivity index (χ1v) is 11.9. The van der Waals surface area contributed by atoms with E-state index in [9.17, 15) is 18.0 Å². The lowest BCUT2D eigenvalue weighted by atomic mass is 10.0. The molecule has 1 amide bonds. The van der Waals surface area contributed by atoms with Gasteiger partial charge in [0.15, 0.2) is 6.61 Å². The zero-order chi connectivity index (χ0) is 22.6. The predicted octanol–water partition coefficient (Wildman–Crippen LogP) is 3.11. The first-order valence-electron chi connectivity index (χ1n) is 10.1. The second kappa shape index (κ2) is 9.80. The van der Waals surface area contributed by atoms with Gasteiger partial charge in [-0.3, -0.25) is 4.79 Å². The van der Waals surface area contributed by atoms with E-state index in [0.717, 1.165) is 11.1 Å². The molecule has 0 saturated carbocycles. The van der Waals surface area contributed by atoms with E-state index in [2.05, 4.69) is 0 Å². The number of esters is 1. The van der Waals surface area contributed by atoms with Crippen LogP contribution >= 0.6 is 11.6 Å². The molecule has 31 heavy (non-hydrogen) atoms. The third-order valence-electron chi connectivity index (χ3n) is 5.33. The summed E-state index contributed by atoms with van der Waals surface area (Å²) in [4.78, 5) is 26.1. The quantitative estimate of drug-likeness (QED) is 0.588. The average Bonchev–Trinajstić information content (AvgIpc) is 2.78. The molecule has 0 aliphatic carbocycles. The minimum atomic E-state index is -3.84. The molecule has 2 aromatic rings. The summed E-state index contributed by atoms with van der Waals surface area (Å²) in [5.74, 6) is -1.17. The Morgan fingerprint density at radius 3 is 2.45 bits per heavy atom. The summed E-state index contributed by atoms with van der Waals surface area (Å²) in [7, 11) is -3.84. The Morgan fingerprint density at radius 1 is 1.10 bits per heavy atom. The summed E-state index contributed by atoms with van der Waals surface area (Å²) in [6.45, 7) is 4.83. The van der Waals surface area contributed by atoms with Crippen LogP contribution in [0.1, 0.15) is 35.3 Å². The first-order chi connectivity index (χ1) is 14.8. The molecule has 0 N–H and O–H groups in total. The molecule has 0 aromatic heterocycles. The van der Waals surface area contributed by atoms with Crippen molar-refractivity contribution in [3.8, 4) is 0 Å². The number of rotatable bonds is 7. The van der Waals surface area contributed by atoms with Crippen LogP contribution in [0.2, 0.25) is 5.02 Å². The number of ether oxygens (including phenoxy) is 1. The second-order valence-electron chi connectivity index (χ2n) is 7.14. The standard InChI is InChI=1S/C22H25ClN2O5S/c1-3-24(4-2)21(26)15-30-22(27)19-13-18(9-10-20(19)23)31(28,29)25-12-11-16-7-5-6-8-17(16)14-25/h5-10,13H,3-4,11-12,14-15H2,1-2H3. The van der Waals surface area contributed by atoms with Crippen molar-refractivity contribution in [1.29, 1.82) is 0 Å². The fraction of sp³-hybridized carbons (Fsp3) is 0.364. The average molecular weight is 465 g/mol. The number of sulfonamides is 1. The van der Waals surface area contributed by atoms with E-state index >= 15 is 0 Å². The Balaban J connectivity index is 1.78. The molecule has 1 heterocycles. The minimum absolute atomic E-state index is 0.0432. The van der Waals surface area contributed by atoms with Gasteiger partial charge in [0, 0.05) is 26.2 Å². The number of carbonyl (C=O) groups is 2. The maximum Gasteiger partial charge on any atom is 0.340 e. The third kappa shape index (κ3) is 5.08. The van der Waals surface area contributed by atoms with Gasteiger partial charge in [-0.25, -0.2) is 13.2 Å². The van der Waals surface area contributed by atoms with E-state index in [1.54, 1.807) is 0 Å². The van der Waals surface area contributed by atoms with Crippen LogP contribution in [0.5, 0.6) is 0 Å².